The first-order valence-corrected chi connectivity index (χ1v) is 7.12. The van der Waals surface area contributed by atoms with E-state index in [0.717, 1.165) is 19.3 Å². The van der Waals surface area contributed by atoms with Crippen LogP contribution in [0.15, 0.2) is 24.3 Å². The summed E-state index contributed by atoms with van der Waals surface area (Å²) in [5, 5.41) is 9.49. The number of rotatable bonds is 3. The molecule has 2 rings (SSSR count). The number of carbonyl (C=O) groups excluding carboxylic acids is 1. The van der Waals surface area contributed by atoms with Crippen LogP contribution in [-0.2, 0) is 4.79 Å². The Hall–Kier alpha value is -1.89. The highest BCUT2D eigenvalue weighted by Crippen LogP contribution is 2.38. The van der Waals surface area contributed by atoms with Crippen molar-refractivity contribution in [3.8, 4) is 6.07 Å². The van der Waals surface area contributed by atoms with E-state index in [1.807, 2.05) is 6.92 Å². The van der Waals surface area contributed by atoms with Gasteiger partial charge in [0, 0.05) is 12.2 Å². The fraction of sp³-hybridized carbons (Fsp3) is 0.500. The van der Waals surface area contributed by atoms with E-state index in [2.05, 4.69) is 6.07 Å². The lowest BCUT2D eigenvalue weighted by molar-refractivity contribution is -0.126. The van der Waals surface area contributed by atoms with E-state index in [0.29, 0.717) is 25.1 Å². The lowest BCUT2D eigenvalue weighted by Gasteiger charge is -2.34. The Morgan fingerprint density at radius 1 is 1.40 bits per heavy atom. The number of hydrogen-bond donors (Lipinski definition) is 0. The van der Waals surface area contributed by atoms with Gasteiger partial charge in [-0.1, -0.05) is 25.3 Å². The average Bonchev–Trinajstić information content (AvgIpc) is 2.48. The molecular formula is C16H19FN2O. The summed E-state index contributed by atoms with van der Waals surface area (Å²) in [6, 6.07) is 8.21. The van der Waals surface area contributed by atoms with Crippen molar-refractivity contribution in [2.75, 3.05) is 11.4 Å². The third-order valence-electron chi connectivity index (χ3n) is 4.01. The average molecular weight is 274 g/mol. The summed E-state index contributed by atoms with van der Waals surface area (Å²) in [7, 11) is 0. The smallest absolute Gasteiger partial charge is 0.247 e. The molecule has 4 heteroatoms. The van der Waals surface area contributed by atoms with Gasteiger partial charge in [0.05, 0.1) is 6.07 Å². The summed E-state index contributed by atoms with van der Waals surface area (Å²) < 4.78 is 13.3. The summed E-state index contributed by atoms with van der Waals surface area (Å²) in [5.41, 5.74) is -0.404. The van der Waals surface area contributed by atoms with Crippen molar-refractivity contribution in [2.24, 2.45) is 5.41 Å². The number of carbonyl (C=O) groups is 1. The van der Waals surface area contributed by atoms with E-state index in [1.165, 1.54) is 17.0 Å². The number of hydrogen-bond acceptors (Lipinski definition) is 2. The van der Waals surface area contributed by atoms with Crippen molar-refractivity contribution in [1.29, 1.82) is 5.26 Å². The minimum atomic E-state index is -0.930. The van der Waals surface area contributed by atoms with Gasteiger partial charge in [-0.2, -0.15) is 5.26 Å². The summed E-state index contributed by atoms with van der Waals surface area (Å²) >= 11 is 0. The first-order valence-electron chi connectivity index (χ1n) is 7.12. The van der Waals surface area contributed by atoms with Crippen molar-refractivity contribution in [3.05, 3.63) is 30.1 Å². The summed E-state index contributed by atoms with van der Waals surface area (Å²) in [5.74, 6) is -0.559. The lowest BCUT2D eigenvalue weighted by atomic mass is 9.74. The molecule has 3 nitrogen and oxygen atoms in total. The van der Waals surface area contributed by atoms with Crippen molar-refractivity contribution in [1.82, 2.24) is 0 Å². The van der Waals surface area contributed by atoms with Gasteiger partial charge in [-0.3, -0.25) is 4.79 Å². The molecular weight excluding hydrogens is 255 g/mol. The van der Waals surface area contributed by atoms with Crippen LogP contribution in [0.4, 0.5) is 10.1 Å². The number of halogens is 1. The highest BCUT2D eigenvalue weighted by atomic mass is 19.1. The normalized spacial score (nSPS) is 17.2. The second-order valence-electron chi connectivity index (χ2n) is 5.28. The lowest BCUT2D eigenvalue weighted by Crippen LogP contribution is -2.44. The zero-order valence-corrected chi connectivity index (χ0v) is 11.7. The van der Waals surface area contributed by atoms with Crippen molar-refractivity contribution < 1.29 is 9.18 Å². The largest absolute Gasteiger partial charge is 0.311 e. The van der Waals surface area contributed by atoms with Crippen LogP contribution in [0, 0.1) is 22.6 Å². The summed E-state index contributed by atoms with van der Waals surface area (Å²) in [6.45, 7) is 2.28. The quantitative estimate of drug-likeness (QED) is 0.844. The van der Waals surface area contributed by atoms with Crippen LogP contribution >= 0.6 is 0 Å². The molecule has 0 atom stereocenters. The SMILES string of the molecule is CCN(C(=O)C1(C#N)CCCCC1)c1cccc(F)c1. The van der Waals surface area contributed by atoms with Gasteiger partial charge in [-0.15, -0.1) is 0 Å². The summed E-state index contributed by atoms with van der Waals surface area (Å²) in [6.07, 6.45) is 4.09. The van der Waals surface area contributed by atoms with Gasteiger partial charge in [0.25, 0.3) is 0 Å². The summed E-state index contributed by atoms with van der Waals surface area (Å²) in [4.78, 5) is 14.3. The second kappa shape index (κ2) is 6.04. The van der Waals surface area contributed by atoms with E-state index in [1.54, 1.807) is 12.1 Å². The van der Waals surface area contributed by atoms with Crippen LogP contribution < -0.4 is 4.90 Å². The molecule has 0 N–H and O–H groups in total. The predicted octanol–water partition coefficient (Wildman–Crippen LogP) is 3.65. The van der Waals surface area contributed by atoms with Gasteiger partial charge in [-0.05, 0) is 38.0 Å². The highest BCUT2D eigenvalue weighted by Gasteiger charge is 2.42. The molecule has 0 aromatic heterocycles. The molecule has 1 saturated carbocycles. The molecule has 0 radical (unpaired) electrons. The molecule has 1 aliphatic carbocycles. The molecule has 0 aliphatic heterocycles. The third kappa shape index (κ3) is 2.67. The molecule has 1 amide bonds. The minimum absolute atomic E-state index is 0.187. The molecule has 20 heavy (non-hydrogen) atoms. The molecule has 1 fully saturated rings. The van der Waals surface area contributed by atoms with Gasteiger partial charge >= 0.3 is 0 Å². The Bertz CT molecular complexity index is 530. The van der Waals surface area contributed by atoms with E-state index in [-0.39, 0.29) is 11.7 Å². The molecule has 0 spiro atoms. The number of amides is 1. The molecule has 0 saturated heterocycles. The van der Waals surface area contributed by atoms with E-state index >= 15 is 0 Å². The molecule has 1 aromatic carbocycles. The first-order chi connectivity index (χ1) is 9.63. The fourth-order valence-electron chi connectivity index (χ4n) is 2.87. The Labute approximate surface area is 119 Å². The highest BCUT2D eigenvalue weighted by molar-refractivity contribution is 5.99. The van der Waals surface area contributed by atoms with Crippen LogP contribution in [0.1, 0.15) is 39.0 Å². The topological polar surface area (TPSA) is 44.1 Å². The number of anilines is 1. The molecule has 0 unspecified atom stereocenters. The molecule has 1 aliphatic rings. The molecule has 1 aromatic rings. The maximum Gasteiger partial charge on any atom is 0.247 e. The van der Waals surface area contributed by atoms with Gasteiger partial charge in [0.15, 0.2) is 0 Å². The van der Waals surface area contributed by atoms with E-state index < -0.39 is 5.41 Å². The maximum absolute atomic E-state index is 13.3. The Morgan fingerprint density at radius 2 is 2.10 bits per heavy atom. The first kappa shape index (κ1) is 14.5. The Balaban J connectivity index is 2.31. The predicted molar refractivity (Wildman–Crippen MR) is 75.6 cm³/mol. The maximum atomic E-state index is 13.3. The van der Waals surface area contributed by atoms with Gasteiger partial charge in [-0.25, -0.2) is 4.39 Å². The standard InChI is InChI=1S/C16H19FN2O/c1-2-19(14-8-6-7-13(17)11-14)15(20)16(12-18)9-4-3-5-10-16/h6-8,11H,2-5,9-10H2,1H3. The number of benzene rings is 1. The van der Waals surface area contributed by atoms with Gasteiger partial charge in [0.2, 0.25) is 5.91 Å². The molecule has 0 heterocycles. The Morgan fingerprint density at radius 3 is 2.65 bits per heavy atom. The minimum Gasteiger partial charge on any atom is -0.311 e. The van der Waals surface area contributed by atoms with Crippen molar-refractivity contribution >= 4 is 11.6 Å². The monoisotopic (exact) mass is 274 g/mol. The fourth-order valence-corrected chi connectivity index (χ4v) is 2.87. The van der Waals surface area contributed by atoms with E-state index in [4.69, 9.17) is 0 Å². The van der Waals surface area contributed by atoms with Crippen molar-refractivity contribution in [2.45, 2.75) is 39.0 Å². The van der Waals surface area contributed by atoms with Crippen LogP contribution in [0.3, 0.4) is 0 Å². The van der Waals surface area contributed by atoms with Gasteiger partial charge < -0.3 is 4.90 Å². The zero-order valence-electron chi connectivity index (χ0n) is 11.7. The molecule has 0 bridgehead atoms. The van der Waals surface area contributed by atoms with Gasteiger partial charge in [0.1, 0.15) is 11.2 Å². The van der Waals surface area contributed by atoms with Crippen LogP contribution in [0.2, 0.25) is 0 Å². The van der Waals surface area contributed by atoms with Crippen LogP contribution in [0.25, 0.3) is 0 Å². The van der Waals surface area contributed by atoms with E-state index in [9.17, 15) is 14.4 Å². The van der Waals surface area contributed by atoms with Crippen LogP contribution in [0.5, 0.6) is 0 Å². The molecule has 106 valence electrons. The Kier molecular flexibility index (Phi) is 4.39. The number of nitrogens with zero attached hydrogens (tertiary/aromatic N) is 2. The second-order valence-corrected chi connectivity index (χ2v) is 5.28. The van der Waals surface area contributed by atoms with Crippen molar-refractivity contribution in [3.63, 3.8) is 0 Å². The zero-order chi connectivity index (χ0) is 14.6. The third-order valence-corrected chi connectivity index (χ3v) is 4.01. The number of nitriles is 1. The van der Waals surface area contributed by atoms with Crippen LogP contribution in [-0.4, -0.2) is 12.5 Å².